The molecule has 2 aliphatic heterocycles. The van der Waals surface area contributed by atoms with Crippen molar-refractivity contribution in [1.82, 2.24) is 19.5 Å². The molecule has 0 unspecified atom stereocenters. The third-order valence-corrected chi connectivity index (χ3v) is 6.84. The summed E-state index contributed by atoms with van der Waals surface area (Å²) in [5.41, 5.74) is 1.06. The fourth-order valence-corrected chi connectivity index (χ4v) is 4.92. The Hall–Kier alpha value is -3.77. The van der Waals surface area contributed by atoms with Crippen LogP contribution in [0.25, 0.3) is 11.0 Å². The van der Waals surface area contributed by atoms with Crippen molar-refractivity contribution < 1.29 is 14.3 Å². The summed E-state index contributed by atoms with van der Waals surface area (Å²) in [6.45, 7) is 2.04. The summed E-state index contributed by atoms with van der Waals surface area (Å²) >= 11 is 2.67. The molecule has 0 saturated carbocycles. The van der Waals surface area contributed by atoms with Crippen LogP contribution in [0.5, 0.6) is 11.5 Å². The Kier molecular flexibility index (Phi) is 5.75. The zero-order valence-corrected chi connectivity index (χ0v) is 19.8. The van der Waals surface area contributed by atoms with Crippen LogP contribution < -0.4 is 15.0 Å². The molecule has 5 rings (SSSR count). The van der Waals surface area contributed by atoms with Gasteiger partial charge in [-0.3, -0.25) is 19.9 Å². The highest BCUT2D eigenvalue weighted by molar-refractivity contribution is 8.16. The third-order valence-electron chi connectivity index (χ3n) is 5.03. The average Bonchev–Trinajstić information content (AvgIpc) is 3.47. The number of aromatic nitrogens is 3. The van der Waals surface area contributed by atoms with Gasteiger partial charge >= 0.3 is 0 Å². The molecule has 0 bridgehead atoms. The number of aliphatic imine (C=N–C) groups is 1. The lowest BCUT2D eigenvalue weighted by Crippen LogP contribution is -2.35. The highest BCUT2D eigenvalue weighted by Crippen LogP contribution is 2.31. The topological polar surface area (TPSA) is 122 Å². The van der Waals surface area contributed by atoms with Crippen LogP contribution in [-0.2, 0) is 17.8 Å². The monoisotopic (exact) mass is 494 g/mol. The lowest BCUT2D eigenvalue weighted by atomic mass is 10.1. The van der Waals surface area contributed by atoms with E-state index >= 15 is 0 Å². The van der Waals surface area contributed by atoms with Gasteiger partial charge in [-0.2, -0.15) is 14.6 Å². The first-order valence-electron chi connectivity index (χ1n) is 10.2. The van der Waals surface area contributed by atoms with Crippen molar-refractivity contribution in [2.45, 2.75) is 20.0 Å². The van der Waals surface area contributed by atoms with E-state index in [0.717, 1.165) is 11.4 Å². The van der Waals surface area contributed by atoms with E-state index in [2.05, 4.69) is 15.1 Å². The summed E-state index contributed by atoms with van der Waals surface area (Å²) in [6.07, 6.45) is 4.03. The number of hydrogen-bond acceptors (Lipinski definition) is 9. The molecule has 4 heterocycles. The summed E-state index contributed by atoms with van der Waals surface area (Å²) in [6, 6.07) is 6.56. The van der Waals surface area contributed by atoms with E-state index in [-0.39, 0.29) is 23.6 Å². The Bertz CT molecular complexity index is 1490. The minimum atomic E-state index is -0.464. The maximum Gasteiger partial charge on any atom is 0.283 e. The minimum absolute atomic E-state index is 0.0672. The number of amidine groups is 2. The Labute approximate surface area is 201 Å². The SMILES string of the molecule is CCc1nn2c(=O)cc(COc3ccc(C=C4C(=N)N5C=CSC5=NC4=O)cc3OC)nc2s1. The zero-order chi connectivity index (χ0) is 23.8. The standard InChI is InChI=1S/C22H18N6O4S2/c1-3-17-26-28-18(29)10-13(24-22(28)34-17)11-32-15-5-4-12(9-16(15)31-2)8-14-19(23)27-6-7-33-21(27)25-20(14)30/h4-10,23H,3,11H2,1-2H3. The number of carbonyl (C=O) groups is 1. The normalized spacial score (nSPS) is 16.4. The number of fused-ring (bicyclic) bond motifs is 2. The lowest BCUT2D eigenvalue weighted by molar-refractivity contribution is -0.114. The molecule has 3 aromatic rings. The molecule has 0 fully saturated rings. The van der Waals surface area contributed by atoms with Crippen molar-refractivity contribution in [1.29, 1.82) is 5.41 Å². The van der Waals surface area contributed by atoms with Crippen LogP contribution in [0.2, 0.25) is 0 Å². The molecule has 0 radical (unpaired) electrons. The zero-order valence-electron chi connectivity index (χ0n) is 18.1. The number of hydrogen-bond donors (Lipinski definition) is 1. The average molecular weight is 495 g/mol. The van der Waals surface area contributed by atoms with E-state index in [4.69, 9.17) is 14.9 Å². The second kappa shape index (κ2) is 8.88. The molecule has 10 nitrogen and oxygen atoms in total. The number of nitrogens with one attached hydrogen (secondary N) is 1. The van der Waals surface area contributed by atoms with Crippen molar-refractivity contribution in [2.24, 2.45) is 4.99 Å². The molecule has 12 heteroatoms. The van der Waals surface area contributed by atoms with Crippen molar-refractivity contribution in [3.05, 3.63) is 68.1 Å². The molecule has 172 valence electrons. The van der Waals surface area contributed by atoms with Crippen LogP contribution in [0.15, 0.2) is 51.2 Å². The van der Waals surface area contributed by atoms with Crippen LogP contribution in [0, 0.1) is 5.41 Å². The van der Waals surface area contributed by atoms with E-state index in [9.17, 15) is 9.59 Å². The fourth-order valence-electron chi connectivity index (χ4n) is 3.36. The van der Waals surface area contributed by atoms with Crippen molar-refractivity contribution >= 4 is 51.0 Å². The number of nitrogens with zero attached hydrogens (tertiary/aromatic N) is 5. The number of methoxy groups -OCH3 is 1. The number of ether oxygens (including phenoxy) is 2. The Balaban J connectivity index is 1.37. The molecule has 0 spiro atoms. The third kappa shape index (κ3) is 4.01. The second-order valence-electron chi connectivity index (χ2n) is 7.21. The van der Waals surface area contributed by atoms with Gasteiger partial charge in [0.25, 0.3) is 11.5 Å². The van der Waals surface area contributed by atoms with Crippen LogP contribution in [0.4, 0.5) is 0 Å². The first kappa shape index (κ1) is 22.0. The molecule has 1 aromatic carbocycles. The van der Waals surface area contributed by atoms with Gasteiger partial charge in [-0.15, -0.1) is 0 Å². The van der Waals surface area contributed by atoms with Gasteiger partial charge in [0.15, 0.2) is 16.7 Å². The van der Waals surface area contributed by atoms with E-state index in [1.54, 1.807) is 40.8 Å². The number of amides is 1. The Morgan fingerprint density at radius 1 is 1.21 bits per heavy atom. The summed E-state index contributed by atoms with van der Waals surface area (Å²) in [4.78, 5) is 35.3. The highest BCUT2D eigenvalue weighted by Gasteiger charge is 2.31. The summed E-state index contributed by atoms with van der Waals surface area (Å²) < 4.78 is 12.6. The van der Waals surface area contributed by atoms with Gasteiger partial charge in [0.05, 0.1) is 18.4 Å². The van der Waals surface area contributed by atoms with Gasteiger partial charge < -0.3 is 9.47 Å². The van der Waals surface area contributed by atoms with E-state index < -0.39 is 5.91 Å². The molecule has 34 heavy (non-hydrogen) atoms. The first-order chi connectivity index (χ1) is 16.5. The quantitative estimate of drug-likeness (QED) is 0.519. The maximum absolute atomic E-state index is 12.4. The second-order valence-corrected chi connectivity index (χ2v) is 9.12. The van der Waals surface area contributed by atoms with E-state index in [1.807, 2.05) is 6.92 Å². The van der Waals surface area contributed by atoms with Gasteiger partial charge in [0.2, 0.25) is 4.96 Å². The molecule has 0 atom stereocenters. The molecule has 1 amide bonds. The molecule has 0 aliphatic carbocycles. The fraction of sp³-hybridized carbons (Fsp3) is 0.182. The molecular weight excluding hydrogens is 476 g/mol. The summed E-state index contributed by atoms with van der Waals surface area (Å²) in [5, 5.41) is 15.7. The van der Waals surface area contributed by atoms with Gasteiger partial charge in [-0.25, -0.2) is 4.98 Å². The number of benzene rings is 1. The van der Waals surface area contributed by atoms with Crippen LogP contribution in [0.3, 0.4) is 0 Å². The largest absolute Gasteiger partial charge is 0.493 e. The number of carbonyl (C=O) groups excluding carboxylic acids is 1. The molecule has 2 aliphatic rings. The van der Waals surface area contributed by atoms with Crippen molar-refractivity contribution in [3.63, 3.8) is 0 Å². The number of thioether (sulfide) groups is 1. The lowest BCUT2D eigenvalue weighted by Gasteiger charge is -2.22. The van der Waals surface area contributed by atoms with Crippen LogP contribution >= 0.6 is 23.1 Å². The molecular formula is C22H18N6O4S2. The van der Waals surface area contributed by atoms with E-state index in [0.29, 0.717) is 32.9 Å². The summed E-state index contributed by atoms with van der Waals surface area (Å²) in [5.74, 6) is 0.495. The van der Waals surface area contributed by atoms with Gasteiger partial charge in [0, 0.05) is 12.3 Å². The Morgan fingerprint density at radius 2 is 2.06 bits per heavy atom. The Morgan fingerprint density at radius 3 is 2.85 bits per heavy atom. The van der Waals surface area contributed by atoms with Crippen molar-refractivity contribution in [2.75, 3.05) is 7.11 Å². The summed E-state index contributed by atoms with van der Waals surface area (Å²) in [7, 11) is 1.51. The highest BCUT2D eigenvalue weighted by atomic mass is 32.2. The van der Waals surface area contributed by atoms with Gasteiger partial charge in [-0.1, -0.05) is 36.1 Å². The molecule has 1 N–H and O–H groups in total. The number of rotatable bonds is 6. The molecule has 0 saturated heterocycles. The van der Waals surface area contributed by atoms with Crippen LogP contribution in [0.1, 0.15) is 23.2 Å². The maximum atomic E-state index is 12.4. The predicted octanol–water partition coefficient (Wildman–Crippen LogP) is 3.08. The van der Waals surface area contributed by atoms with Gasteiger partial charge in [-0.05, 0) is 35.6 Å². The van der Waals surface area contributed by atoms with Crippen LogP contribution in [-0.4, -0.2) is 43.5 Å². The smallest absolute Gasteiger partial charge is 0.283 e. The minimum Gasteiger partial charge on any atom is -0.493 e. The van der Waals surface area contributed by atoms with Crippen molar-refractivity contribution in [3.8, 4) is 11.5 Å². The first-order valence-corrected chi connectivity index (χ1v) is 11.9. The molecule has 2 aromatic heterocycles. The van der Waals surface area contributed by atoms with E-state index in [1.165, 1.54) is 40.8 Å². The predicted molar refractivity (Wildman–Crippen MR) is 131 cm³/mol. The number of aryl methyl sites for hydroxylation is 1. The van der Waals surface area contributed by atoms with Gasteiger partial charge in [0.1, 0.15) is 17.5 Å².